The van der Waals surface area contributed by atoms with E-state index < -0.39 is 22.8 Å². The summed E-state index contributed by atoms with van der Waals surface area (Å²) < 4.78 is 17.4. The van der Waals surface area contributed by atoms with E-state index in [-0.39, 0.29) is 11.3 Å². The molecule has 5 rings (SSSR count). The fourth-order valence-electron chi connectivity index (χ4n) is 6.01. The largest absolute Gasteiger partial charge is 0.467 e. The zero-order valence-corrected chi connectivity index (χ0v) is 17.2. The molecule has 28 heavy (non-hydrogen) atoms. The summed E-state index contributed by atoms with van der Waals surface area (Å²) >= 11 is 0. The molecule has 0 aliphatic heterocycles. The SMILES string of the molecule is COC(=O)[C@@H](CC[S@](=O)c1ccccc1)NC(=O)C12CC3CC(CC(C3)C1)C2. The Kier molecular flexibility index (Phi) is 5.59. The van der Waals surface area contributed by atoms with E-state index in [0.29, 0.717) is 29.9 Å². The molecule has 4 bridgehead atoms. The highest BCUT2D eigenvalue weighted by Gasteiger charge is 2.55. The molecule has 4 aliphatic carbocycles. The van der Waals surface area contributed by atoms with Crippen molar-refractivity contribution in [2.45, 2.75) is 55.9 Å². The van der Waals surface area contributed by atoms with E-state index in [4.69, 9.17) is 4.74 Å². The van der Waals surface area contributed by atoms with Crippen LogP contribution in [0.4, 0.5) is 0 Å². The van der Waals surface area contributed by atoms with Crippen LogP contribution in [0.3, 0.4) is 0 Å². The standard InChI is InChI=1S/C22H29NO4S/c1-27-20(24)19(7-8-28(26)18-5-3-2-4-6-18)23-21(25)22-12-15-9-16(13-22)11-17(10-15)14-22/h2-6,15-17,19H,7-14H2,1H3,(H,23,25)/t15?,16?,17?,19-,22?,28+/m1/s1. The number of esters is 1. The van der Waals surface area contributed by atoms with Gasteiger partial charge in [0.15, 0.2) is 0 Å². The first kappa shape index (κ1) is 19.6. The van der Waals surface area contributed by atoms with Gasteiger partial charge in [-0.3, -0.25) is 9.00 Å². The van der Waals surface area contributed by atoms with E-state index in [1.807, 2.05) is 30.3 Å². The average molecular weight is 404 g/mol. The smallest absolute Gasteiger partial charge is 0.328 e. The number of hydrogen-bond donors (Lipinski definition) is 1. The van der Waals surface area contributed by atoms with Gasteiger partial charge >= 0.3 is 5.97 Å². The Labute approximate surface area is 169 Å². The molecule has 1 N–H and O–H groups in total. The summed E-state index contributed by atoms with van der Waals surface area (Å²) in [7, 11) is 0.127. The van der Waals surface area contributed by atoms with Gasteiger partial charge in [-0.15, -0.1) is 0 Å². The van der Waals surface area contributed by atoms with Crippen LogP contribution in [0, 0.1) is 23.2 Å². The molecule has 6 heteroatoms. The normalized spacial score (nSPS) is 32.5. The summed E-state index contributed by atoms with van der Waals surface area (Å²) in [6.45, 7) is 0. The Balaban J connectivity index is 1.41. The first-order chi connectivity index (χ1) is 13.5. The van der Waals surface area contributed by atoms with E-state index >= 15 is 0 Å². The first-order valence-corrected chi connectivity index (χ1v) is 11.6. The Hall–Kier alpha value is -1.69. The number of benzene rings is 1. The van der Waals surface area contributed by atoms with E-state index in [1.165, 1.54) is 26.4 Å². The molecule has 4 fully saturated rings. The zero-order chi connectivity index (χ0) is 19.7. The number of nitrogens with one attached hydrogen (secondary N) is 1. The maximum Gasteiger partial charge on any atom is 0.328 e. The molecule has 0 aromatic heterocycles. The molecule has 4 aliphatic rings. The Morgan fingerprint density at radius 1 is 1.11 bits per heavy atom. The minimum absolute atomic E-state index is 0.00694. The molecule has 0 spiro atoms. The molecule has 1 aromatic carbocycles. The second-order valence-electron chi connectivity index (χ2n) is 8.90. The van der Waals surface area contributed by atoms with Crippen molar-refractivity contribution < 1.29 is 18.5 Å². The van der Waals surface area contributed by atoms with Crippen LogP contribution < -0.4 is 5.32 Å². The van der Waals surface area contributed by atoms with Gasteiger partial charge in [0.1, 0.15) is 6.04 Å². The molecule has 0 unspecified atom stereocenters. The summed E-state index contributed by atoms with van der Waals surface area (Å²) in [4.78, 5) is 26.3. The van der Waals surface area contributed by atoms with Gasteiger partial charge in [-0.1, -0.05) is 18.2 Å². The monoisotopic (exact) mass is 403 g/mol. The first-order valence-electron chi connectivity index (χ1n) is 10.3. The van der Waals surface area contributed by atoms with Gasteiger partial charge in [-0.05, 0) is 74.8 Å². The maximum atomic E-state index is 13.2. The summed E-state index contributed by atoms with van der Waals surface area (Å²) in [6.07, 6.45) is 6.97. The third kappa shape index (κ3) is 3.88. The van der Waals surface area contributed by atoms with E-state index in [1.54, 1.807) is 0 Å². The van der Waals surface area contributed by atoms with Gasteiger partial charge in [0.05, 0.1) is 17.9 Å². The molecule has 152 valence electrons. The number of ether oxygens (including phenoxy) is 1. The number of carbonyl (C=O) groups is 2. The lowest BCUT2D eigenvalue weighted by Gasteiger charge is -2.55. The number of carbonyl (C=O) groups excluding carboxylic acids is 2. The molecule has 0 heterocycles. The van der Waals surface area contributed by atoms with Crippen molar-refractivity contribution in [3.63, 3.8) is 0 Å². The van der Waals surface area contributed by atoms with Crippen molar-refractivity contribution in [1.29, 1.82) is 0 Å². The fraction of sp³-hybridized carbons (Fsp3) is 0.636. The topological polar surface area (TPSA) is 72.5 Å². The summed E-state index contributed by atoms with van der Waals surface area (Å²) in [5, 5.41) is 2.98. The molecule has 0 radical (unpaired) electrons. The quantitative estimate of drug-likeness (QED) is 0.710. The summed E-state index contributed by atoms with van der Waals surface area (Å²) in [6, 6.07) is 8.47. The minimum Gasteiger partial charge on any atom is -0.467 e. The van der Waals surface area contributed by atoms with Crippen LogP contribution in [0.25, 0.3) is 0 Å². The number of rotatable bonds is 7. The van der Waals surface area contributed by atoms with Crippen LogP contribution in [0.15, 0.2) is 35.2 Å². The van der Waals surface area contributed by atoms with Crippen molar-refractivity contribution >= 4 is 22.7 Å². The van der Waals surface area contributed by atoms with Gasteiger partial charge in [-0.2, -0.15) is 0 Å². The predicted molar refractivity (Wildman–Crippen MR) is 107 cm³/mol. The third-order valence-corrected chi connectivity index (χ3v) is 8.31. The van der Waals surface area contributed by atoms with Gasteiger partial charge in [0.25, 0.3) is 0 Å². The Morgan fingerprint density at radius 2 is 1.68 bits per heavy atom. The van der Waals surface area contributed by atoms with Crippen LogP contribution in [-0.2, 0) is 25.1 Å². The number of methoxy groups -OCH3 is 1. The van der Waals surface area contributed by atoms with Crippen molar-refractivity contribution in [3.8, 4) is 0 Å². The highest BCUT2D eigenvalue weighted by molar-refractivity contribution is 7.85. The molecule has 0 saturated heterocycles. The van der Waals surface area contributed by atoms with Crippen molar-refractivity contribution in [2.75, 3.05) is 12.9 Å². The lowest BCUT2D eigenvalue weighted by atomic mass is 9.49. The van der Waals surface area contributed by atoms with E-state index in [9.17, 15) is 13.8 Å². The van der Waals surface area contributed by atoms with Gasteiger partial charge < -0.3 is 10.1 Å². The lowest BCUT2D eigenvalue weighted by molar-refractivity contribution is -0.152. The number of amides is 1. The van der Waals surface area contributed by atoms with Crippen LogP contribution in [0.5, 0.6) is 0 Å². The van der Waals surface area contributed by atoms with Gasteiger partial charge in [0.2, 0.25) is 5.91 Å². The highest BCUT2D eigenvalue weighted by atomic mass is 32.2. The Morgan fingerprint density at radius 3 is 2.21 bits per heavy atom. The van der Waals surface area contributed by atoms with Crippen LogP contribution in [0.1, 0.15) is 44.9 Å². The molecule has 2 atom stereocenters. The fourth-order valence-corrected chi connectivity index (χ4v) is 7.15. The zero-order valence-electron chi connectivity index (χ0n) is 16.4. The van der Waals surface area contributed by atoms with Gasteiger partial charge in [0, 0.05) is 16.1 Å². The second-order valence-corrected chi connectivity index (χ2v) is 10.5. The predicted octanol–water partition coefficient (Wildman–Crippen LogP) is 3.06. The molecular weight excluding hydrogens is 374 g/mol. The second kappa shape index (κ2) is 7.97. The van der Waals surface area contributed by atoms with Crippen molar-refractivity contribution in [3.05, 3.63) is 30.3 Å². The van der Waals surface area contributed by atoms with Crippen LogP contribution in [0.2, 0.25) is 0 Å². The van der Waals surface area contributed by atoms with Crippen molar-refractivity contribution in [1.82, 2.24) is 5.32 Å². The molecular formula is C22H29NO4S. The maximum absolute atomic E-state index is 13.2. The molecule has 5 nitrogen and oxygen atoms in total. The lowest BCUT2D eigenvalue weighted by Crippen LogP contribution is -2.56. The van der Waals surface area contributed by atoms with Gasteiger partial charge in [-0.25, -0.2) is 4.79 Å². The van der Waals surface area contributed by atoms with E-state index in [0.717, 1.165) is 24.2 Å². The molecule has 4 saturated carbocycles. The van der Waals surface area contributed by atoms with Crippen molar-refractivity contribution in [2.24, 2.45) is 23.2 Å². The summed E-state index contributed by atoms with van der Waals surface area (Å²) in [5.74, 6) is 1.86. The molecule has 1 amide bonds. The number of hydrogen-bond acceptors (Lipinski definition) is 4. The average Bonchev–Trinajstić information content (AvgIpc) is 2.69. The van der Waals surface area contributed by atoms with E-state index in [2.05, 4.69) is 5.32 Å². The highest BCUT2D eigenvalue weighted by Crippen LogP contribution is 2.60. The summed E-state index contributed by atoms with van der Waals surface area (Å²) in [5.41, 5.74) is -0.306. The third-order valence-electron chi connectivity index (χ3n) is 6.91. The Bertz CT molecular complexity index is 728. The minimum atomic E-state index is -1.21. The van der Waals surface area contributed by atoms with Crippen LogP contribution in [-0.4, -0.2) is 35.0 Å². The molecule has 1 aromatic rings. The van der Waals surface area contributed by atoms with Crippen LogP contribution >= 0.6 is 0 Å².